The van der Waals surface area contributed by atoms with Crippen molar-refractivity contribution in [3.63, 3.8) is 0 Å². The fourth-order valence-electron chi connectivity index (χ4n) is 2.24. The minimum Gasteiger partial charge on any atom is -0.386 e. The Morgan fingerprint density at radius 2 is 2.42 bits per heavy atom. The van der Waals surface area contributed by atoms with E-state index in [0.29, 0.717) is 13.0 Å². The van der Waals surface area contributed by atoms with Crippen LogP contribution in [0.5, 0.6) is 0 Å². The summed E-state index contributed by atoms with van der Waals surface area (Å²) >= 11 is 0. The highest BCUT2D eigenvalue weighted by molar-refractivity contribution is 5.77. The number of piperidine rings is 1. The van der Waals surface area contributed by atoms with E-state index < -0.39 is 5.60 Å². The predicted molar refractivity (Wildman–Crippen MR) is 70.5 cm³/mol. The lowest BCUT2D eigenvalue weighted by atomic mass is 9.92. The van der Waals surface area contributed by atoms with Gasteiger partial charge in [-0.15, -0.1) is 0 Å². The monoisotopic (exact) mass is 265 g/mol. The summed E-state index contributed by atoms with van der Waals surface area (Å²) in [6.07, 6.45) is 6.39. The van der Waals surface area contributed by atoms with E-state index in [1.807, 2.05) is 4.90 Å². The Balaban J connectivity index is 1.98. The van der Waals surface area contributed by atoms with Crippen LogP contribution in [0.3, 0.4) is 0 Å². The van der Waals surface area contributed by atoms with Crippen LogP contribution in [0.1, 0.15) is 12.8 Å². The summed E-state index contributed by atoms with van der Waals surface area (Å²) in [7, 11) is 0. The first kappa shape index (κ1) is 13.7. The van der Waals surface area contributed by atoms with E-state index in [0.717, 1.165) is 18.8 Å². The lowest BCUT2D eigenvalue weighted by molar-refractivity contribution is -0.121. The average molecular weight is 265 g/mol. The summed E-state index contributed by atoms with van der Waals surface area (Å²) in [5, 5.41) is 13.1. The quantitative estimate of drug-likeness (QED) is 0.637. The van der Waals surface area contributed by atoms with Crippen molar-refractivity contribution in [2.24, 2.45) is 5.73 Å². The molecule has 1 atom stereocenters. The van der Waals surface area contributed by atoms with Gasteiger partial charge >= 0.3 is 0 Å². The van der Waals surface area contributed by atoms with Crippen molar-refractivity contribution in [3.05, 3.63) is 18.6 Å². The van der Waals surface area contributed by atoms with Crippen molar-refractivity contribution in [1.82, 2.24) is 15.3 Å². The molecule has 0 bridgehead atoms. The average Bonchev–Trinajstić information content (AvgIpc) is 2.46. The van der Waals surface area contributed by atoms with Gasteiger partial charge in [-0.1, -0.05) is 0 Å². The molecule has 1 aliphatic rings. The SMILES string of the molecule is NCC(=O)NC[C@]1(O)CCCN(c2cnccn2)C1. The molecule has 4 N–H and O–H groups in total. The van der Waals surface area contributed by atoms with E-state index in [9.17, 15) is 9.90 Å². The maximum Gasteiger partial charge on any atom is 0.233 e. The third kappa shape index (κ3) is 3.62. The number of rotatable bonds is 4. The van der Waals surface area contributed by atoms with Gasteiger partial charge in [-0.2, -0.15) is 0 Å². The first-order valence-electron chi connectivity index (χ1n) is 6.33. The number of carbonyl (C=O) groups excluding carboxylic acids is 1. The van der Waals surface area contributed by atoms with Crippen LogP contribution in [-0.4, -0.2) is 52.8 Å². The largest absolute Gasteiger partial charge is 0.386 e. The van der Waals surface area contributed by atoms with E-state index in [2.05, 4.69) is 15.3 Å². The zero-order valence-electron chi connectivity index (χ0n) is 10.7. The number of amides is 1. The number of nitrogens with zero attached hydrogens (tertiary/aromatic N) is 3. The highest BCUT2D eigenvalue weighted by atomic mass is 16.3. The lowest BCUT2D eigenvalue weighted by Crippen LogP contribution is -2.55. The van der Waals surface area contributed by atoms with Gasteiger partial charge in [-0.25, -0.2) is 4.98 Å². The number of hydrogen-bond donors (Lipinski definition) is 3. The molecule has 0 aliphatic carbocycles. The number of anilines is 1. The second-order valence-electron chi connectivity index (χ2n) is 4.79. The summed E-state index contributed by atoms with van der Waals surface area (Å²) in [5.74, 6) is 0.482. The fraction of sp³-hybridized carbons (Fsp3) is 0.583. The van der Waals surface area contributed by atoms with Crippen LogP contribution in [0, 0.1) is 0 Å². The molecule has 0 aromatic carbocycles. The molecular weight excluding hydrogens is 246 g/mol. The first-order valence-corrected chi connectivity index (χ1v) is 6.33. The molecule has 19 heavy (non-hydrogen) atoms. The van der Waals surface area contributed by atoms with E-state index >= 15 is 0 Å². The van der Waals surface area contributed by atoms with Gasteiger partial charge in [0, 0.05) is 32.0 Å². The van der Waals surface area contributed by atoms with Crippen LogP contribution in [0.25, 0.3) is 0 Å². The lowest BCUT2D eigenvalue weighted by Gasteiger charge is -2.39. The second-order valence-corrected chi connectivity index (χ2v) is 4.79. The Bertz CT molecular complexity index is 427. The van der Waals surface area contributed by atoms with Crippen LogP contribution >= 0.6 is 0 Å². The third-order valence-electron chi connectivity index (χ3n) is 3.23. The highest BCUT2D eigenvalue weighted by Crippen LogP contribution is 2.23. The smallest absolute Gasteiger partial charge is 0.233 e. The summed E-state index contributed by atoms with van der Waals surface area (Å²) in [6, 6.07) is 0. The van der Waals surface area contributed by atoms with Crippen molar-refractivity contribution < 1.29 is 9.90 Å². The van der Waals surface area contributed by atoms with Crippen molar-refractivity contribution in [1.29, 1.82) is 0 Å². The number of nitrogens with two attached hydrogens (primary N) is 1. The molecule has 0 saturated carbocycles. The Morgan fingerprint density at radius 1 is 1.58 bits per heavy atom. The van der Waals surface area contributed by atoms with Crippen LogP contribution in [0.2, 0.25) is 0 Å². The predicted octanol–water partition coefficient (Wildman–Crippen LogP) is -1.12. The topological polar surface area (TPSA) is 104 Å². The molecule has 2 heterocycles. The van der Waals surface area contributed by atoms with Gasteiger partial charge in [-0.05, 0) is 12.8 Å². The van der Waals surface area contributed by atoms with Crippen molar-refractivity contribution in [3.8, 4) is 0 Å². The summed E-state index contributed by atoms with van der Waals surface area (Å²) in [5.41, 5.74) is 4.28. The minimum absolute atomic E-state index is 0.0655. The maximum atomic E-state index is 11.2. The van der Waals surface area contributed by atoms with E-state index in [4.69, 9.17) is 5.73 Å². The molecule has 2 rings (SSSR count). The van der Waals surface area contributed by atoms with Crippen LogP contribution in [0.4, 0.5) is 5.82 Å². The number of nitrogens with one attached hydrogen (secondary N) is 1. The molecule has 1 aromatic rings. The summed E-state index contributed by atoms with van der Waals surface area (Å²) < 4.78 is 0. The van der Waals surface area contributed by atoms with Gasteiger partial charge in [0.05, 0.1) is 18.3 Å². The van der Waals surface area contributed by atoms with Crippen LogP contribution in [0.15, 0.2) is 18.6 Å². The molecule has 1 aliphatic heterocycles. The maximum absolute atomic E-state index is 11.2. The summed E-state index contributed by atoms with van der Waals surface area (Å²) in [6.45, 7) is 1.39. The van der Waals surface area contributed by atoms with Crippen LogP contribution in [-0.2, 0) is 4.79 Å². The Morgan fingerprint density at radius 3 is 3.11 bits per heavy atom. The van der Waals surface area contributed by atoms with E-state index in [1.54, 1.807) is 18.6 Å². The first-order chi connectivity index (χ1) is 9.13. The summed E-state index contributed by atoms with van der Waals surface area (Å²) in [4.78, 5) is 21.4. The zero-order valence-corrected chi connectivity index (χ0v) is 10.7. The molecule has 1 aromatic heterocycles. The molecular formula is C12H19N5O2. The fourth-order valence-corrected chi connectivity index (χ4v) is 2.24. The molecule has 0 unspecified atom stereocenters. The molecule has 1 saturated heterocycles. The Kier molecular flexibility index (Phi) is 4.28. The van der Waals surface area contributed by atoms with E-state index in [-0.39, 0.29) is 19.0 Å². The zero-order chi connectivity index (χ0) is 13.7. The van der Waals surface area contributed by atoms with Gasteiger partial charge in [-0.3, -0.25) is 9.78 Å². The van der Waals surface area contributed by atoms with Gasteiger partial charge in [0.15, 0.2) is 0 Å². The Hall–Kier alpha value is -1.73. The minimum atomic E-state index is -0.944. The number of β-amino-alcohol motifs (C(OH)–C–C–N with tert-alkyl or cyclic N) is 1. The standard InChI is InChI=1S/C12H19N5O2/c13-6-11(18)16-8-12(19)2-1-5-17(9-12)10-7-14-3-4-15-10/h3-4,7,19H,1-2,5-6,8-9,13H2,(H,16,18)/t12-/m1/s1. The molecule has 7 nitrogen and oxygen atoms in total. The van der Waals surface area contributed by atoms with Gasteiger partial charge in [0.25, 0.3) is 0 Å². The van der Waals surface area contributed by atoms with Crippen molar-refractivity contribution >= 4 is 11.7 Å². The highest BCUT2D eigenvalue weighted by Gasteiger charge is 2.34. The van der Waals surface area contributed by atoms with Gasteiger partial charge in [0.1, 0.15) is 5.82 Å². The molecule has 0 radical (unpaired) electrons. The Labute approximate surface area is 111 Å². The molecule has 1 fully saturated rings. The van der Waals surface area contributed by atoms with Crippen LogP contribution < -0.4 is 16.0 Å². The normalized spacial score (nSPS) is 23.2. The number of carbonyl (C=O) groups is 1. The molecule has 0 spiro atoms. The second kappa shape index (κ2) is 5.94. The molecule has 1 amide bonds. The van der Waals surface area contributed by atoms with E-state index in [1.165, 1.54) is 0 Å². The molecule has 104 valence electrons. The van der Waals surface area contributed by atoms with Crippen molar-refractivity contribution in [2.75, 3.05) is 31.1 Å². The molecule has 7 heteroatoms. The third-order valence-corrected chi connectivity index (χ3v) is 3.23. The number of aliphatic hydroxyl groups is 1. The van der Waals surface area contributed by atoms with Crippen molar-refractivity contribution in [2.45, 2.75) is 18.4 Å². The van der Waals surface area contributed by atoms with Gasteiger partial charge in [0.2, 0.25) is 5.91 Å². The number of aromatic nitrogens is 2. The number of hydrogen-bond acceptors (Lipinski definition) is 6. The van der Waals surface area contributed by atoms with Gasteiger partial charge < -0.3 is 21.1 Å².